The first-order valence-electron chi connectivity index (χ1n) is 8.79. The summed E-state index contributed by atoms with van der Waals surface area (Å²) >= 11 is 0. The van der Waals surface area contributed by atoms with Crippen LogP contribution in [-0.4, -0.2) is 44.1 Å². The van der Waals surface area contributed by atoms with Crippen LogP contribution in [0.4, 0.5) is 11.4 Å². The van der Waals surface area contributed by atoms with Gasteiger partial charge in [-0.05, 0) is 31.0 Å². The molecular formula is C19H19N2O5-. The molecule has 0 saturated carbocycles. The van der Waals surface area contributed by atoms with Gasteiger partial charge in [0.1, 0.15) is 0 Å². The van der Waals surface area contributed by atoms with Crippen molar-refractivity contribution in [2.45, 2.75) is 12.8 Å². The Balaban J connectivity index is 1.69. The van der Waals surface area contributed by atoms with Gasteiger partial charge in [-0.15, -0.1) is 0 Å². The number of hydrogen-bond acceptors (Lipinski definition) is 6. The number of rotatable bonds is 3. The number of ether oxygens (including phenoxy) is 1. The summed E-state index contributed by atoms with van der Waals surface area (Å²) in [6.07, 6.45) is 4.93. The normalized spacial score (nSPS) is 25.5. The van der Waals surface area contributed by atoms with Crippen molar-refractivity contribution in [2.24, 2.45) is 11.8 Å². The second-order valence-corrected chi connectivity index (χ2v) is 6.76. The Morgan fingerprint density at radius 2 is 1.65 bits per heavy atom. The number of nitrogens with zero attached hydrogens (tertiary/aromatic N) is 2. The molecule has 1 aromatic carbocycles. The molecular weight excluding hydrogens is 336 g/mol. The number of carbonyl (C=O) groups is 3. The highest BCUT2D eigenvalue weighted by atomic mass is 16.5. The Morgan fingerprint density at radius 1 is 1.04 bits per heavy atom. The molecule has 0 unspecified atom stereocenters. The van der Waals surface area contributed by atoms with E-state index in [1.54, 1.807) is 12.1 Å². The second-order valence-electron chi connectivity index (χ2n) is 6.76. The number of carbonyl (C=O) groups excluding carboxylic acids is 3. The van der Waals surface area contributed by atoms with Crippen LogP contribution in [0, 0.1) is 11.8 Å². The van der Waals surface area contributed by atoms with Gasteiger partial charge in [0.15, 0.2) is 0 Å². The Morgan fingerprint density at radius 3 is 2.23 bits per heavy atom. The van der Waals surface area contributed by atoms with Gasteiger partial charge < -0.3 is 19.5 Å². The average Bonchev–Trinajstić information content (AvgIpc) is 2.93. The maximum absolute atomic E-state index is 12.7. The van der Waals surface area contributed by atoms with Crippen LogP contribution in [0.15, 0.2) is 30.4 Å². The molecule has 136 valence electrons. The van der Waals surface area contributed by atoms with Crippen molar-refractivity contribution in [1.82, 2.24) is 0 Å². The first-order valence-corrected chi connectivity index (χ1v) is 8.79. The molecule has 7 heteroatoms. The molecule has 2 fully saturated rings. The largest absolute Gasteiger partial charge is 0.545 e. The van der Waals surface area contributed by atoms with E-state index in [-0.39, 0.29) is 29.2 Å². The quantitative estimate of drug-likeness (QED) is 0.574. The summed E-state index contributed by atoms with van der Waals surface area (Å²) in [4.78, 5) is 40.1. The number of fused-ring (bicyclic) bond motifs is 1. The Labute approximate surface area is 150 Å². The van der Waals surface area contributed by atoms with Crippen LogP contribution in [0.5, 0.6) is 0 Å². The van der Waals surface area contributed by atoms with E-state index in [2.05, 4.69) is 0 Å². The van der Waals surface area contributed by atoms with Gasteiger partial charge in [0.25, 0.3) is 0 Å². The molecule has 2 heterocycles. The Bertz CT molecular complexity index is 771. The third-order valence-corrected chi connectivity index (χ3v) is 5.32. The number of benzene rings is 1. The minimum absolute atomic E-state index is 0.0157. The summed E-state index contributed by atoms with van der Waals surface area (Å²) in [7, 11) is 0. The Hall–Kier alpha value is -2.67. The van der Waals surface area contributed by atoms with Crippen LogP contribution in [0.1, 0.15) is 23.2 Å². The lowest BCUT2D eigenvalue weighted by Gasteiger charge is -2.31. The first-order chi connectivity index (χ1) is 12.6. The maximum atomic E-state index is 12.7. The average molecular weight is 355 g/mol. The van der Waals surface area contributed by atoms with E-state index in [0.717, 1.165) is 4.90 Å². The molecule has 7 nitrogen and oxygen atoms in total. The van der Waals surface area contributed by atoms with Crippen LogP contribution >= 0.6 is 0 Å². The zero-order valence-electron chi connectivity index (χ0n) is 14.2. The molecule has 1 aromatic rings. The van der Waals surface area contributed by atoms with Gasteiger partial charge in [0.05, 0.1) is 36.7 Å². The highest BCUT2D eigenvalue weighted by Crippen LogP contribution is 2.38. The van der Waals surface area contributed by atoms with Gasteiger partial charge in [-0.1, -0.05) is 12.2 Å². The van der Waals surface area contributed by atoms with Gasteiger partial charge in [-0.25, -0.2) is 0 Å². The molecule has 4 rings (SSSR count). The van der Waals surface area contributed by atoms with E-state index >= 15 is 0 Å². The smallest absolute Gasteiger partial charge is 0.238 e. The third-order valence-electron chi connectivity index (χ3n) is 5.32. The van der Waals surface area contributed by atoms with E-state index in [0.29, 0.717) is 50.5 Å². The number of imide groups is 1. The van der Waals surface area contributed by atoms with E-state index in [1.165, 1.54) is 6.07 Å². The fourth-order valence-corrected chi connectivity index (χ4v) is 3.96. The molecule has 0 spiro atoms. The lowest BCUT2D eigenvalue weighted by Crippen LogP contribution is -2.38. The van der Waals surface area contributed by atoms with Crippen molar-refractivity contribution < 1.29 is 24.2 Å². The van der Waals surface area contributed by atoms with Gasteiger partial charge in [0, 0.05) is 24.3 Å². The van der Waals surface area contributed by atoms with Gasteiger partial charge in [0.2, 0.25) is 11.8 Å². The summed E-state index contributed by atoms with van der Waals surface area (Å²) in [6.45, 7) is 2.20. The van der Waals surface area contributed by atoms with E-state index in [9.17, 15) is 19.5 Å². The van der Waals surface area contributed by atoms with Gasteiger partial charge >= 0.3 is 0 Å². The molecule has 2 amide bonds. The molecule has 0 bridgehead atoms. The highest BCUT2D eigenvalue weighted by Gasteiger charge is 2.47. The summed E-state index contributed by atoms with van der Waals surface area (Å²) in [5, 5.41) is 11.7. The van der Waals surface area contributed by atoms with E-state index in [4.69, 9.17) is 4.74 Å². The van der Waals surface area contributed by atoms with Crippen molar-refractivity contribution in [3.8, 4) is 0 Å². The fourth-order valence-electron chi connectivity index (χ4n) is 3.96. The van der Waals surface area contributed by atoms with Crippen LogP contribution in [0.2, 0.25) is 0 Å². The topological polar surface area (TPSA) is 90.0 Å². The number of carboxylic acids is 1. The molecule has 0 N–H and O–H groups in total. The van der Waals surface area contributed by atoms with Crippen LogP contribution < -0.4 is 14.9 Å². The molecule has 3 aliphatic rings. The monoisotopic (exact) mass is 355 g/mol. The third kappa shape index (κ3) is 2.68. The number of carboxylic acid groups (broad SMARTS) is 1. The molecule has 0 aromatic heterocycles. The lowest BCUT2D eigenvalue weighted by atomic mass is 9.85. The first kappa shape index (κ1) is 16.8. The molecule has 2 atom stereocenters. The summed E-state index contributed by atoms with van der Waals surface area (Å²) < 4.78 is 5.30. The van der Waals surface area contributed by atoms with Crippen molar-refractivity contribution in [1.29, 1.82) is 0 Å². The molecule has 1 aliphatic carbocycles. The molecule has 2 aliphatic heterocycles. The maximum Gasteiger partial charge on any atom is 0.238 e. The van der Waals surface area contributed by atoms with Crippen molar-refractivity contribution in [3.05, 3.63) is 35.9 Å². The van der Waals surface area contributed by atoms with E-state index < -0.39 is 5.97 Å². The number of hydrogen-bond donors (Lipinski definition) is 0. The minimum atomic E-state index is -1.33. The lowest BCUT2D eigenvalue weighted by molar-refractivity contribution is -0.255. The van der Waals surface area contributed by atoms with Crippen molar-refractivity contribution >= 4 is 29.2 Å². The predicted molar refractivity (Wildman–Crippen MR) is 91.7 cm³/mol. The number of aromatic carboxylic acids is 1. The number of morpholine rings is 1. The predicted octanol–water partition coefficient (Wildman–Crippen LogP) is 0.342. The standard InChI is InChI=1S/C19H20N2O5/c22-17-13-3-1-2-4-14(13)18(23)21(17)12-5-6-16(15(11-12)19(24)25)20-7-9-26-10-8-20/h1-2,5-6,11,13-14H,3-4,7-10H2,(H,24,25)/p-1/t13-,14-/m0/s1. The molecule has 26 heavy (non-hydrogen) atoms. The van der Waals surface area contributed by atoms with Crippen molar-refractivity contribution in [2.75, 3.05) is 36.1 Å². The SMILES string of the molecule is O=C([O-])c1cc(N2C(=O)[C@H]3CC=CC[C@@H]3C2=O)ccc1N1CCOCC1. The van der Waals surface area contributed by atoms with Gasteiger partial charge in [-0.3, -0.25) is 14.5 Å². The number of anilines is 2. The van der Waals surface area contributed by atoms with E-state index in [1.807, 2.05) is 17.1 Å². The molecule has 0 radical (unpaired) electrons. The highest BCUT2D eigenvalue weighted by molar-refractivity contribution is 6.22. The summed E-state index contributed by atoms with van der Waals surface area (Å²) in [6, 6.07) is 4.66. The summed E-state index contributed by atoms with van der Waals surface area (Å²) in [5.41, 5.74) is 0.804. The zero-order valence-corrected chi connectivity index (χ0v) is 14.2. The number of allylic oxidation sites excluding steroid dienone is 2. The Kier molecular flexibility index (Phi) is 4.24. The zero-order chi connectivity index (χ0) is 18.3. The summed E-state index contributed by atoms with van der Waals surface area (Å²) in [5.74, 6) is -2.54. The van der Waals surface area contributed by atoms with Crippen LogP contribution in [0.25, 0.3) is 0 Å². The molecule has 2 saturated heterocycles. The number of amides is 2. The van der Waals surface area contributed by atoms with Crippen LogP contribution in [0.3, 0.4) is 0 Å². The minimum Gasteiger partial charge on any atom is -0.545 e. The van der Waals surface area contributed by atoms with Crippen LogP contribution in [-0.2, 0) is 14.3 Å². The fraction of sp³-hybridized carbons (Fsp3) is 0.421. The van der Waals surface area contributed by atoms with Gasteiger partial charge in [-0.2, -0.15) is 0 Å². The van der Waals surface area contributed by atoms with Crippen molar-refractivity contribution in [3.63, 3.8) is 0 Å². The second kappa shape index (κ2) is 6.57.